The average molecular weight is 209 g/mol. The minimum atomic E-state index is 1.10. The van der Waals surface area contributed by atoms with E-state index in [-0.39, 0.29) is 0 Å². The molecule has 0 aromatic heterocycles. The van der Waals surface area contributed by atoms with Crippen molar-refractivity contribution < 1.29 is 0 Å². The predicted molar refractivity (Wildman–Crippen MR) is 70.4 cm³/mol. The fraction of sp³-hybridized carbons (Fsp3) is 0.800. The first-order valence-corrected chi connectivity index (χ1v) is 6.82. The standard InChI is InChI=1S/C15H29/c1-3-5-7-9-11-13-15-14-12-10-8-6-4-2/h13H,1-12,14-15H2. The zero-order valence-electron chi connectivity index (χ0n) is 10.5. The Hall–Kier alpha value is 0. The first-order valence-electron chi connectivity index (χ1n) is 6.82. The van der Waals surface area contributed by atoms with Crippen molar-refractivity contribution in [3.05, 3.63) is 20.3 Å². The van der Waals surface area contributed by atoms with Gasteiger partial charge in [0.2, 0.25) is 0 Å². The summed E-state index contributed by atoms with van der Waals surface area (Å²) in [5.41, 5.74) is 0. The molecular formula is C15H29. The average Bonchev–Trinajstić information content (AvgIpc) is 2.26. The molecule has 0 rings (SSSR count). The van der Waals surface area contributed by atoms with Crippen LogP contribution in [0.4, 0.5) is 0 Å². The molecule has 3 radical (unpaired) electrons. The third-order valence-electron chi connectivity index (χ3n) is 2.82. The Kier molecular flexibility index (Phi) is 14.0. The van der Waals surface area contributed by atoms with E-state index < -0.39 is 0 Å². The molecule has 0 nitrogen and oxygen atoms in total. The van der Waals surface area contributed by atoms with Crippen molar-refractivity contribution in [3.8, 4) is 0 Å². The van der Waals surface area contributed by atoms with Crippen LogP contribution in [0.5, 0.6) is 0 Å². The van der Waals surface area contributed by atoms with Crippen molar-refractivity contribution in [3.63, 3.8) is 0 Å². The maximum Gasteiger partial charge on any atom is -0.0386 e. The SMILES string of the molecule is [CH2]CCCCC[CH]CCCCCCC[CH2]. The van der Waals surface area contributed by atoms with Crippen LogP contribution in [0.3, 0.4) is 0 Å². The monoisotopic (exact) mass is 209 g/mol. The lowest BCUT2D eigenvalue weighted by Crippen LogP contribution is -1.83. The molecule has 0 bridgehead atoms. The van der Waals surface area contributed by atoms with Crippen LogP contribution in [-0.4, -0.2) is 0 Å². The Morgan fingerprint density at radius 3 is 1.47 bits per heavy atom. The molecule has 0 aliphatic heterocycles. The second kappa shape index (κ2) is 14.0. The van der Waals surface area contributed by atoms with E-state index in [1.807, 2.05) is 0 Å². The molecule has 15 heavy (non-hydrogen) atoms. The molecule has 0 fully saturated rings. The number of hydrogen-bond donors (Lipinski definition) is 0. The van der Waals surface area contributed by atoms with E-state index in [4.69, 9.17) is 0 Å². The van der Waals surface area contributed by atoms with E-state index in [0.29, 0.717) is 0 Å². The molecular weight excluding hydrogens is 180 g/mol. The summed E-state index contributed by atoms with van der Waals surface area (Å²) >= 11 is 0. The summed E-state index contributed by atoms with van der Waals surface area (Å²) in [4.78, 5) is 0. The highest BCUT2D eigenvalue weighted by Gasteiger charge is 1.92. The first-order chi connectivity index (χ1) is 7.41. The van der Waals surface area contributed by atoms with Gasteiger partial charge in [-0.15, -0.1) is 0 Å². The van der Waals surface area contributed by atoms with Crippen molar-refractivity contribution in [2.24, 2.45) is 0 Å². The van der Waals surface area contributed by atoms with Gasteiger partial charge in [-0.3, -0.25) is 0 Å². The summed E-state index contributed by atoms with van der Waals surface area (Å²) < 4.78 is 0. The number of hydrogen-bond acceptors (Lipinski definition) is 0. The lowest BCUT2D eigenvalue weighted by molar-refractivity contribution is 0.599. The van der Waals surface area contributed by atoms with Gasteiger partial charge in [0.05, 0.1) is 0 Å². The van der Waals surface area contributed by atoms with Crippen LogP contribution in [0.15, 0.2) is 0 Å². The van der Waals surface area contributed by atoms with E-state index in [0.717, 1.165) is 12.8 Å². The molecule has 0 unspecified atom stereocenters. The van der Waals surface area contributed by atoms with Gasteiger partial charge in [0.1, 0.15) is 0 Å². The van der Waals surface area contributed by atoms with Crippen molar-refractivity contribution in [2.45, 2.75) is 77.0 Å². The summed E-state index contributed by atoms with van der Waals surface area (Å²) in [5, 5.41) is 0. The van der Waals surface area contributed by atoms with Crippen LogP contribution in [0, 0.1) is 20.3 Å². The summed E-state index contributed by atoms with van der Waals surface area (Å²) in [6, 6.07) is 0. The minimum Gasteiger partial charge on any atom is -0.0533 e. The second-order valence-electron chi connectivity index (χ2n) is 4.40. The highest BCUT2D eigenvalue weighted by atomic mass is 14.0. The topological polar surface area (TPSA) is 0 Å². The zero-order valence-corrected chi connectivity index (χ0v) is 10.5. The second-order valence-corrected chi connectivity index (χ2v) is 4.40. The highest BCUT2D eigenvalue weighted by Crippen LogP contribution is 2.11. The summed E-state index contributed by atoms with van der Waals surface area (Å²) in [5.74, 6) is 0. The van der Waals surface area contributed by atoms with Gasteiger partial charge in [0.15, 0.2) is 0 Å². The molecule has 0 atom stereocenters. The quantitative estimate of drug-likeness (QED) is 0.370. The smallest absolute Gasteiger partial charge is 0.0386 e. The Labute approximate surface area is 97.8 Å². The van der Waals surface area contributed by atoms with Crippen molar-refractivity contribution in [2.75, 3.05) is 0 Å². The fourth-order valence-electron chi connectivity index (χ4n) is 1.78. The summed E-state index contributed by atoms with van der Waals surface area (Å²) in [6.07, 6.45) is 18.3. The van der Waals surface area contributed by atoms with Crippen LogP contribution in [0.1, 0.15) is 77.0 Å². The molecule has 0 spiro atoms. The molecule has 0 aromatic rings. The van der Waals surface area contributed by atoms with Crippen LogP contribution in [-0.2, 0) is 0 Å². The molecule has 0 heteroatoms. The maximum absolute atomic E-state index is 3.86. The van der Waals surface area contributed by atoms with Crippen molar-refractivity contribution in [1.29, 1.82) is 0 Å². The first kappa shape index (κ1) is 15.0. The van der Waals surface area contributed by atoms with Crippen molar-refractivity contribution in [1.82, 2.24) is 0 Å². The zero-order chi connectivity index (χ0) is 11.2. The predicted octanol–water partition coefficient (Wildman–Crippen LogP) is 5.54. The van der Waals surface area contributed by atoms with E-state index >= 15 is 0 Å². The minimum absolute atomic E-state index is 1.10. The third kappa shape index (κ3) is 14.0. The van der Waals surface area contributed by atoms with Gasteiger partial charge in [-0.2, -0.15) is 0 Å². The molecule has 0 saturated carbocycles. The lowest BCUT2D eigenvalue weighted by Gasteiger charge is -2.01. The van der Waals surface area contributed by atoms with Gasteiger partial charge in [-0.05, 0) is 6.42 Å². The molecule has 89 valence electrons. The van der Waals surface area contributed by atoms with Gasteiger partial charge >= 0.3 is 0 Å². The molecule has 0 heterocycles. The van der Waals surface area contributed by atoms with Crippen LogP contribution >= 0.6 is 0 Å². The Morgan fingerprint density at radius 1 is 0.533 bits per heavy atom. The summed E-state index contributed by atoms with van der Waals surface area (Å²) in [6.45, 7) is 7.71. The van der Waals surface area contributed by atoms with Crippen molar-refractivity contribution >= 4 is 0 Å². The normalized spacial score (nSPS) is 10.8. The molecule has 0 saturated heterocycles. The largest absolute Gasteiger partial charge is 0.0533 e. The van der Waals surface area contributed by atoms with Gasteiger partial charge in [0.25, 0.3) is 0 Å². The number of rotatable bonds is 12. The van der Waals surface area contributed by atoms with Gasteiger partial charge in [0, 0.05) is 0 Å². The Morgan fingerprint density at radius 2 is 0.933 bits per heavy atom. The van der Waals surface area contributed by atoms with E-state index in [2.05, 4.69) is 20.3 Å². The summed E-state index contributed by atoms with van der Waals surface area (Å²) in [7, 11) is 0. The Balaban J connectivity index is 2.81. The van der Waals surface area contributed by atoms with Gasteiger partial charge in [-0.25, -0.2) is 0 Å². The van der Waals surface area contributed by atoms with E-state index in [9.17, 15) is 0 Å². The van der Waals surface area contributed by atoms with Crippen LogP contribution < -0.4 is 0 Å². The van der Waals surface area contributed by atoms with Crippen LogP contribution in [0.2, 0.25) is 0 Å². The molecule has 0 aromatic carbocycles. The third-order valence-corrected chi connectivity index (χ3v) is 2.82. The van der Waals surface area contributed by atoms with E-state index in [1.165, 1.54) is 64.2 Å². The Bertz CT molecular complexity index is 84.2. The molecule has 0 N–H and O–H groups in total. The molecule has 0 aliphatic carbocycles. The van der Waals surface area contributed by atoms with Gasteiger partial charge in [-0.1, -0.05) is 90.9 Å². The van der Waals surface area contributed by atoms with E-state index in [1.54, 1.807) is 0 Å². The fourth-order valence-corrected chi connectivity index (χ4v) is 1.78. The lowest BCUT2D eigenvalue weighted by atomic mass is 10.1. The highest BCUT2D eigenvalue weighted by molar-refractivity contribution is 4.64. The number of unbranched alkanes of at least 4 members (excludes halogenated alkanes) is 12. The molecule has 0 aliphatic rings. The maximum atomic E-state index is 3.86. The van der Waals surface area contributed by atoms with Gasteiger partial charge < -0.3 is 0 Å². The van der Waals surface area contributed by atoms with Crippen LogP contribution in [0.25, 0.3) is 0 Å². The molecule has 0 amide bonds.